The summed E-state index contributed by atoms with van der Waals surface area (Å²) in [5, 5.41) is -0.361. The number of rotatable bonds is 7. The molecule has 30 heavy (non-hydrogen) atoms. The lowest BCUT2D eigenvalue weighted by Gasteiger charge is -2.40. The molecule has 0 radical (unpaired) electrons. The highest BCUT2D eigenvalue weighted by Gasteiger charge is 2.61. The van der Waals surface area contributed by atoms with Crippen LogP contribution in [0.4, 0.5) is 18.0 Å². The van der Waals surface area contributed by atoms with Gasteiger partial charge in [0.25, 0.3) is 0 Å². The van der Waals surface area contributed by atoms with Crippen molar-refractivity contribution in [3.63, 3.8) is 0 Å². The van der Waals surface area contributed by atoms with Crippen molar-refractivity contribution in [2.45, 2.75) is 51.7 Å². The Balaban J connectivity index is 1.87. The number of nitrogens with zero attached hydrogens (tertiary/aromatic N) is 2. The van der Waals surface area contributed by atoms with Crippen LogP contribution < -0.4 is 5.73 Å². The molecule has 3 heterocycles. The number of thiophene rings is 1. The molecule has 0 bridgehead atoms. The zero-order valence-electron chi connectivity index (χ0n) is 17.3. The Morgan fingerprint density at radius 2 is 2.07 bits per heavy atom. The van der Waals surface area contributed by atoms with Gasteiger partial charge in [-0.25, -0.2) is 4.79 Å². The van der Waals surface area contributed by atoms with Crippen molar-refractivity contribution in [2.75, 3.05) is 13.1 Å². The molecule has 5 nitrogen and oxygen atoms in total. The number of likely N-dealkylation sites (tertiary alicyclic amines) is 1. The van der Waals surface area contributed by atoms with Gasteiger partial charge in [-0.3, -0.25) is 9.88 Å². The molecule has 3 rings (SSSR count). The number of halogens is 3. The van der Waals surface area contributed by atoms with E-state index in [2.05, 4.69) is 9.72 Å². The summed E-state index contributed by atoms with van der Waals surface area (Å²) in [6.45, 7) is 6.18. The van der Waals surface area contributed by atoms with E-state index in [4.69, 9.17) is 5.73 Å². The molecule has 1 fully saturated rings. The predicted molar refractivity (Wildman–Crippen MR) is 109 cm³/mol. The van der Waals surface area contributed by atoms with Gasteiger partial charge >= 0.3 is 12.2 Å². The zero-order chi connectivity index (χ0) is 22.2. The van der Waals surface area contributed by atoms with Crippen LogP contribution >= 0.6 is 11.3 Å². The van der Waals surface area contributed by atoms with E-state index in [1.54, 1.807) is 12.3 Å². The standard InChI is InChI=1S/C21H26F3N3O2S/c1-14-4-5-15(12-26-14)19(2,3)27-11-10-20(13-27,21(23,24)29-18(25)28)9-8-16-6-7-17(22)30-16/h4-7,12H,8-11,13H2,1-3H3,(H2,25,28). The third-order valence-electron chi connectivity index (χ3n) is 6.09. The Bertz CT molecular complexity index is 901. The summed E-state index contributed by atoms with van der Waals surface area (Å²) in [6.07, 6.45) is -3.10. The molecule has 1 unspecified atom stereocenters. The van der Waals surface area contributed by atoms with E-state index in [0.717, 1.165) is 22.6 Å². The van der Waals surface area contributed by atoms with Gasteiger partial charge < -0.3 is 10.5 Å². The van der Waals surface area contributed by atoms with Crippen LogP contribution in [0.2, 0.25) is 0 Å². The number of hydrogen-bond donors (Lipinski definition) is 1. The number of aryl methyl sites for hydroxylation is 2. The lowest BCUT2D eigenvalue weighted by atomic mass is 9.80. The summed E-state index contributed by atoms with van der Waals surface area (Å²) in [5.74, 6) is 0. The van der Waals surface area contributed by atoms with Gasteiger partial charge in [0, 0.05) is 28.9 Å². The molecule has 1 saturated heterocycles. The van der Waals surface area contributed by atoms with E-state index in [1.165, 1.54) is 6.07 Å². The first-order valence-electron chi connectivity index (χ1n) is 9.74. The molecule has 1 aliphatic rings. The summed E-state index contributed by atoms with van der Waals surface area (Å²) < 4.78 is 47.9. The first kappa shape index (κ1) is 22.6. The van der Waals surface area contributed by atoms with Crippen molar-refractivity contribution < 1.29 is 22.7 Å². The van der Waals surface area contributed by atoms with Crippen LogP contribution in [0.15, 0.2) is 30.5 Å². The monoisotopic (exact) mass is 441 g/mol. The molecule has 1 aliphatic heterocycles. The van der Waals surface area contributed by atoms with Crippen LogP contribution in [0, 0.1) is 17.5 Å². The predicted octanol–water partition coefficient (Wildman–Crippen LogP) is 4.84. The number of alkyl halides is 2. The van der Waals surface area contributed by atoms with E-state index < -0.39 is 23.2 Å². The first-order chi connectivity index (χ1) is 13.9. The Morgan fingerprint density at radius 1 is 1.33 bits per heavy atom. The number of hydrogen-bond acceptors (Lipinski definition) is 5. The van der Waals surface area contributed by atoms with Crippen molar-refractivity contribution in [1.82, 2.24) is 9.88 Å². The van der Waals surface area contributed by atoms with Gasteiger partial charge in [-0.2, -0.15) is 13.2 Å². The lowest BCUT2D eigenvalue weighted by Crippen LogP contribution is -2.50. The molecule has 9 heteroatoms. The summed E-state index contributed by atoms with van der Waals surface area (Å²) >= 11 is 0.933. The first-order valence-corrected chi connectivity index (χ1v) is 10.6. The fraction of sp³-hybridized carbons (Fsp3) is 0.524. The summed E-state index contributed by atoms with van der Waals surface area (Å²) in [4.78, 5) is 18.1. The highest BCUT2D eigenvalue weighted by atomic mass is 32.1. The highest BCUT2D eigenvalue weighted by Crippen LogP contribution is 2.51. The fourth-order valence-electron chi connectivity index (χ4n) is 4.03. The van der Waals surface area contributed by atoms with Crippen molar-refractivity contribution >= 4 is 17.4 Å². The topological polar surface area (TPSA) is 68.5 Å². The van der Waals surface area contributed by atoms with E-state index in [0.29, 0.717) is 11.4 Å². The number of carbonyl (C=O) groups excluding carboxylic acids is 1. The second kappa shape index (κ2) is 8.19. The van der Waals surface area contributed by atoms with Gasteiger partial charge in [-0.15, -0.1) is 11.3 Å². The van der Waals surface area contributed by atoms with E-state index in [9.17, 15) is 9.18 Å². The SMILES string of the molecule is Cc1ccc(C(C)(C)N2CCC(CCc3ccc(F)s3)(C(F)(F)OC(N)=O)C2)cn1. The molecule has 2 aromatic rings. The lowest BCUT2D eigenvalue weighted by molar-refractivity contribution is -0.273. The smallest absolute Gasteiger partial charge is 0.384 e. The second-order valence-electron chi connectivity index (χ2n) is 8.34. The fourth-order valence-corrected chi connectivity index (χ4v) is 4.76. The molecular formula is C21H26F3N3O2S. The van der Waals surface area contributed by atoms with E-state index >= 15 is 8.78 Å². The number of aromatic nitrogens is 1. The van der Waals surface area contributed by atoms with Gasteiger partial charge in [-0.1, -0.05) is 6.07 Å². The van der Waals surface area contributed by atoms with Crippen LogP contribution in [0.3, 0.4) is 0 Å². The summed E-state index contributed by atoms with van der Waals surface area (Å²) in [6, 6.07) is 6.74. The van der Waals surface area contributed by atoms with Crippen LogP contribution in [-0.2, 0) is 16.7 Å². The van der Waals surface area contributed by atoms with Gasteiger partial charge in [-0.05, 0) is 70.3 Å². The Labute approximate surface area is 178 Å². The minimum Gasteiger partial charge on any atom is -0.384 e. The molecule has 0 spiro atoms. The van der Waals surface area contributed by atoms with Crippen LogP contribution in [0.5, 0.6) is 0 Å². The maximum absolute atomic E-state index is 15.1. The second-order valence-corrected chi connectivity index (χ2v) is 9.46. The number of pyridine rings is 1. The molecule has 164 valence electrons. The Kier molecular flexibility index (Phi) is 6.15. The van der Waals surface area contributed by atoms with E-state index in [-0.39, 0.29) is 30.9 Å². The third kappa shape index (κ3) is 4.46. The number of primary amides is 1. The molecule has 0 aromatic carbocycles. The van der Waals surface area contributed by atoms with Gasteiger partial charge in [0.15, 0.2) is 5.13 Å². The molecule has 1 amide bonds. The highest BCUT2D eigenvalue weighted by molar-refractivity contribution is 7.10. The van der Waals surface area contributed by atoms with Gasteiger partial charge in [0.05, 0.1) is 5.41 Å². The average Bonchev–Trinajstić information content (AvgIpc) is 3.27. The van der Waals surface area contributed by atoms with Crippen LogP contribution in [-0.4, -0.2) is 35.2 Å². The minimum absolute atomic E-state index is 0.00200. The van der Waals surface area contributed by atoms with Gasteiger partial charge in [0.1, 0.15) is 0 Å². The van der Waals surface area contributed by atoms with Gasteiger partial charge in [0.2, 0.25) is 0 Å². The number of carbonyl (C=O) groups is 1. The molecule has 1 atom stereocenters. The molecule has 0 saturated carbocycles. The quantitative estimate of drug-likeness (QED) is 0.668. The van der Waals surface area contributed by atoms with E-state index in [1.807, 2.05) is 37.8 Å². The number of ether oxygens (including phenoxy) is 1. The maximum Gasteiger partial charge on any atom is 0.409 e. The largest absolute Gasteiger partial charge is 0.409 e. The normalized spacial score (nSPS) is 20.5. The average molecular weight is 442 g/mol. The zero-order valence-corrected chi connectivity index (χ0v) is 18.1. The summed E-state index contributed by atoms with van der Waals surface area (Å²) in [7, 11) is 0. The van der Waals surface area contributed by atoms with Crippen molar-refractivity contribution in [3.8, 4) is 0 Å². The van der Waals surface area contributed by atoms with Crippen LogP contribution in [0.25, 0.3) is 0 Å². The Hall–Kier alpha value is -2.13. The molecule has 2 N–H and O–H groups in total. The van der Waals surface area contributed by atoms with Crippen LogP contribution in [0.1, 0.15) is 42.8 Å². The summed E-state index contributed by atoms with van der Waals surface area (Å²) in [5.41, 5.74) is 4.52. The molecule has 0 aliphatic carbocycles. The Morgan fingerprint density at radius 3 is 2.63 bits per heavy atom. The molecule has 2 aromatic heterocycles. The molecular weight excluding hydrogens is 415 g/mol. The number of nitrogens with two attached hydrogens (primary N) is 1. The minimum atomic E-state index is -3.75. The van der Waals surface area contributed by atoms with Crippen molar-refractivity contribution in [1.29, 1.82) is 0 Å². The number of amides is 1. The third-order valence-corrected chi connectivity index (χ3v) is 7.02. The maximum atomic E-state index is 15.1. The van der Waals surface area contributed by atoms with Crippen molar-refractivity contribution in [3.05, 3.63) is 51.7 Å². The van der Waals surface area contributed by atoms with Crippen molar-refractivity contribution in [2.24, 2.45) is 11.1 Å².